The minimum Gasteiger partial charge on any atom is -0.437 e. The third kappa shape index (κ3) is 2.84. The largest absolute Gasteiger partial charge is 0.437 e. The van der Waals surface area contributed by atoms with E-state index >= 15 is 0 Å². The zero-order valence-corrected chi connectivity index (χ0v) is 12.5. The van der Waals surface area contributed by atoms with Gasteiger partial charge in [0.2, 0.25) is 11.8 Å². The molecule has 1 aromatic heterocycles. The maximum absolute atomic E-state index is 12.5. The van der Waals surface area contributed by atoms with E-state index in [2.05, 4.69) is 26.9 Å². The van der Waals surface area contributed by atoms with Crippen LogP contribution < -0.4 is 21.9 Å². The lowest BCUT2D eigenvalue weighted by Gasteiger charge is -2.27. The van der Waals surface area contributed by atoms with E-state index in [4.69, 9.17) is 4.42 Å². The number of hydrogen-bond acceptors (Lipinski definition) is 7. The monoisotopic (exact) mass is 314 g/mol. The molecule has 1 unspecified atom stereocenters. The second-order valence-corrected chi connectivity index (χ2v) is 5.61. The fraction of sp³-hybridized carbons (Fsp3) is 0.333. The number of aromatic nitrogens is 1. The van der Waals surface area contributed by atoms with E-state index in [-0.39, 0.29) is 18.1 Å². The molecule has 2 saturated heterocycles. The van der Waals surface area contributed by atoms with E-state index in [1.165, 1.54) is 6.08 Å². The fourth-order valence-corrected chi connectivity index (χ4v) is 3.07. The normalized spacial score (nSPS) is 22.6. The number of para-hydroxylation sites is 2. The SMILES string of the molecule is O=C(/C=C/c1nc2ccccc2o1)N1CCCC1C1NNNN1. The van der Waals surface area contributed by atoms with Gasteiger partial charge in [-0.3, -0.25) is 4.79 Å². The van der Waals surface area contributed by atoms with Gasteiger partial charge in [0.05, 0.1) is 6.04 Å². The molecule has 0 spiro atoms. The highest BCUT2D eigenvalue weighted by Crippen LogP contribution is 2.21. The Morgan fingerprint density at radius 2 is 2.13 bits per heavy atom. The van der Waals surface area contributed by atoms with Crippen molar-refractivity contribution < 1.29 is 9.21 Å². The van der Waals surface area contributed by atoms with Crippen molar-refractivity contribution in [3.63, 3.8) is 0 Å². The number of hydrogen-bond donors (Lipinski definition) is 4. The summed E-state index contributed by atoms with van der Waals surface area (Å²) in [6.45, 7) is 0.751. The second kappa shape index (κ2) is 6.09. The van der Waals surface area contributed by atoms with Gasteiger partial charge in [0.25, 0.3) is 0 Å². The Kier molecular flexibility index (Phi) is 3.80. The van der Waals surface area contributed by atoms with Crippen molar-refractivity contribution in [2.75, 3.05) is 6.54 Å². The van der Waals surface area contributed by atoms with Gasteiger partial charge in [0.1, 0.15) is 11.7 Å². The fourth-order valence-electron chi connectivity index (χ4n) is 3.07. The molecule has 0 bridgehead atoms. The first kappa shape index (κ1) is 14.3. The van der Waals surface area contributed by atoms with Gasteiger partial charge in [-0.25, -0.2) is 15.8 Å². The Hall–Kier alpha value is -2.26. The number of nitrogens with zero attached hydrogens (tertiary/aromatic N) is 2. The summed E-state index contributed by atoms with van der Waals surface area (Å²) in [6.07, 6.45) is 5.09. The first-order valence-electron chi connectivity index (χ1n) is 7.66. The first-order valence-corrected chi connectivity index (χ1v) is 7.66. The predicted octanol–water partition coefficient (Wildman–Crippen LogP) is 0.275. The molecule has 1 atom stereocenters. The van der Waals surface area contributed by atoms with Gasteiger partial charge < -0.3 is 9.32 Å². The maximum atomic E-state index is 12.5. The summed E-state index contributed by atoms with van der Waals surface area (Å²) in [7, 11) is 0. The van der Waals surface area contributed by atoms with Gasteiger partial charge in [-0.2, -0.15) is 11.1 Å². The van der Waals surface area contributed by atoms with Crippen LogP contribution in [-0.4, -0.2) is 34.5 Å². The molecule has 2 aliphatic rings. The molecule has 0 saturated carbocycles. The molecule has 3 heterocycles. The number of hydrazine groups is 3. The molecule has 23 heavy (non-hydrogen) atoms. The molecule has 4 rings (SSSR count). The minimum absolute atomic E-state index is 0.0147. The lowest BCUT2D eigenvalue weighted by atomic mass is 10.2. The third-order valence-corrected chi connectivity index (χ3v) is 4.16. The predicted molar refractivity (Wildman–Crippen MR) is 84.1 cm³/mol. The molecule has 2 aliphatic heterocycles. The van der Waals surface area contributed by atoms with Crippen LogP contribution in [0.4, 0.5) is 0 Å². The molecule has 1 amide bonds. The van der Waals surface area contributed by atoms with Gasteiger partial charge in [-0.1, -0.05) is 12.1 Å². The van der Waals surface area contributed by atoms with Crippen molar-refractivity contribution in [3.8, 4) is 0 Å². The highest BCUT2D eigenvalue weighted by molar-refractivity contribution is 5.92. The zero-order valence-electron chi connectivity index (χ0n) is 12.5. The Balaban J connectivity index is 1.47. The van der Waals surface area contributed by atoms with Crippen molar-refractivity contribution in [2.24, 2.45) is 0 Å². The zero-order chi connectivity index (χ0) is 15.6. The Morgan fingerprint density at radius 1 is 1.30 bits per heavy atom. The van der Waals surface area contributed by atoms with Gasteiger partial charge in [0, 0.05) is 18.7 Å². The van der Waals surface area contributed by atoms with Gasteiger partial charge in [-0.05, 0) is 25.0 Å². The standard InChI is InChI=1S/C15H18N6O2/c22-14(21-9-3-5-11(21)15-17-19-20-18-15)8-7-13-16-10-4-1-2-6-12(10)23-13/h1-2,4,6-8,11,15,17-20H,3,5,9H2/b8-7+. The van der Waals surface area contributed by atoms with E-state index in [9.17, 15) is 4.79 Å². The van der Waals surface area contributed by atoms with Crippen LogP contribution in [0.1, 0.15) is 18.7 Å². The summed E-state index contributed by atoms with van der Waals surface area (Å²) in [4.78, 5) is 18.7. The smallest absolute Gasteiger partial charge is 0.247 e. The molecule has 8 heteroatoms. The number of oxazole rings is 1. The van der Waals surface area contributed by atoms with Crippen LogP contribution in [0.2, 0.25) is 0 Å². The summed E-state index contributed by atoms with van der Waals surface area (Å²) < 4.78 is 5.59. The van der Waals surface area contributed by atoms with E-state index in [0.29, 0.717) is 5.89 Å². The number of amides is 1. The Labute approximate surface area is 132 Å². The minimum atomic E-state index is -0.0368. The van der Waals surface area contributed by atoms with Crippen molar-refractivity contribution >= 4 is 23.1 Å². The summed E-state index contributed by atoms with van der Waals surface area (Å²) in [5.41, 5.74) is 13.2. The number of benzene rings is 1. The lowest BCUT2D eigenvalue weighted by molar-refractivity contribution is -0.127. The van der Waals surface area contributed by atoms with Crippen LogP contribution >= 0.6 is 0 Å². The van der Waals surface area contributed by atoms with Gasteiger partial charge in [-0.15, -0.1) is 0 Å². The third-order valence-electron chi connectivity index (χ3n) is 4.16. The van der Waals surface area contributed by atoms with Crippen LogP contribution in [0, 0.1) is 0 Å². The van der Waals surface area contributed by atoms with Crippen LogP contribution in [0.15, 0.2) is 34.8 Å². The van der Waals surface area contributed by atoms with Crippen LogP contribution in [0.5, 0.6) is 0 Å². The molecule has 1 aromatic carbocycles. The quantitative estimate of drug-likeness (QED) is 0.604. The van der Waals surface area contributed by atoms with Crippen molar-refractivity contribution in [3.05, 3.63) is 36.2 Å². The molecule has 4 N–H and O–H groups in total. The maximum Gasteiger partial charge on any atom is 0.247 e. The van der Waals surface area contributed by atoms with E-state index in [0.717, 1.165) is 30.5 Å². The van der Waals surface area contributed by atoms with Crippen LogP contribution in [0.3, 0.4) is 0 Å². The van der Waals surface area contributed by atoms with Gasteiger partial charge >= 0.3 is 0 Å². The molecule has 2 aromatic rings. The average molecular weight is 314 g/mol. The first-order chi connectivity index (χ1) is 11.3. The molecule has 120 valence electrons. The molecule has 0 radical (unpaired) electrons. The highest BCUT2D eigenvalue weighted by Gasteiger charge is 2.35. The number of likely N-dealkylation sites (tertiary alicyclic amines) is 1. The summed E-state index contributed by atoms with van der Waals surface area (Å²) in [5, 5.41) is 0. The Bertz CT molecular complexity index is 703. The van der Waals surface area contributed by atoms with E-state index in [1.54, 1.807) is 6.08 Å². The number of carbonyl (C=O) groups is 1. The number of fused-ring (bicyclic) bond motifs is 1. The van der Waals surface area contributed by atoms with Gasteiger partial charge in [0.15, 0.2) is 5.58 Å². The lowest BCUT2D eigenvalue weighted by Crippen LogP contribution is -2.52. The number of rotatable bonds is 3. The number of carbonyl (C=O) groups excluding carboxylic acids is 1. The van der Waals surface area contributed by atoms with Crippen LogP contribution in [-0.2, 0) is 4.79 Å². The molecule has 8 nitrogen and oxygen atoms in total. The highest BCUT2D eigenvalue weighted by atomic mass is 16.3. The molecular weight excluding hydrogens is 296 g/mol. The molecule has 0 aliphatic carbocycles. The molecular formula is C15H18N6O2. The second-order valence-electron chi connectivity index (χ2n) is 5.61. The van der Waals surface area contributed by atoms with E-state index in [1.807, 2.05) is 29.2 Å². The summed E-state index contributed by atoms with van der Waals surface area (Å²) in [6, 6.07) is 7.63. The van der Waals surface area contributed by atoms with E-state index < -0.39 is 0 Å². The van der Waals surface area contributed by atoms with Crippen molar-refractivity contribution in [1.29, 1.82) is 0 Å². The molecule has 2 fully saturated rings. The Morgan fingerprint density at radius 3 is 2.96 bits per heavy atom. The van der Waals surface area contributed by atoms with Crippen LogP contribution in [0.25, 0.3) is 17.2 Å². The number of nitrogens with one attached hydrogen (secondary N) is 4. The van der Waals surface area contributed by atoms with Crippen molar-refractivity contribution in [2.45, 2.75) is 25.0 Å². The summed E-state index contributed by atoms with van der Waals surface area (Å²) in [5.74, 6) is 0.404. The average Bonchev–Trinajstić information content (AvgIpc) is 3.31. The van der Waals surface area contributed by atoms with Crippen molar-refractivity contribution in [1.82, 2.24) is 31.8 Å². The summed E-state index contributed by atoms with van der Waals surface area (Å²) >= 11 is 0. The topological polar surface area (TPSA) is 94.5 Å².